The monoisotopic (exact) mass is 196 g/mol. The molecule has 0 amide bonds. The van der Waals surface area contributed by atoms with Crippen LogP contribution in [0, 0.1) is 0 Å². The molecule has 2 fully saturated rings. The molecule has 0 spiro atoms. The van der Waals surface area contributed by atoms with Crippen molar-refractivity contribution >= 4 is 0 Å². The van der Waals surface area contributed by atoms with Gasteiger partial charge in [-0.1, -0.05) is 32.1 Å². The lowest BCUT2D eigenvalue weighted by molar-refractivity contribution is 0.0793. The SMILES string of the molecule is [NH]N(NC1CCCCC1)C1CCCC1. The quantitative estimate of drug-likeness (QED) is 0.703. The van der Waals surface area contributed by atoms with Crippen LogP contribution in [-0.2, 0) is 0 Å². The average Bonchev–Trinajstić information content (AvgIpc) is 2.72. The Morgan fingerprint density at radius 3 is 2.07 bits per heavy atom. The van der Waals surface area contributed by atoms with Gasteiger partial charge in [-0.25, -0.2) is 5.43 Å². The van der Waals surface area contributed by atoms with E-state index in [0.29, 0.717) is 12.1 Å². The van der Waals surface area contributed by atoms with Crippen LogP contribution in [0.1, 0.15) is 57.8 Å². The predicted molar refractivity (Wildman–Crippen MR) is 57.2 cm³/mol. The predicted octanol–water partition coefficient (Wildman–Crippen LogP) is 2.27. The largest absolute Gasteiger partial charge is 0.237 e. The van der Waals surface area contributed by atoms with Crippen molar-refractivity contribution in [3.63, 3.8) is 0 Å². The molecule has 0 aromatic heterocycles. The molecule has 2 aliphatic carbocycles. The second-order valence-electron chi connectivity index (χ2n) is 4.77. The maximum absolute atomic E-state index is 7.93. The van der Waals surface area contributed by atoms with E-state index in [0.717, 1.165) is 0 Å². The second kappa shape index (κ2) is 5.10. The third-order valence-corrected chi connectivity index (χ3v) is 3.62. The number of rotatable bonds is 3. The first-order valence-corrected chi connectivity index (χ1v) is 6.13. The summed E-state index contributed by atoms with van der Waals surface area (Å²) in [4.78, 5) is 0. The molecule has 2 N–H and O–H groups in total. The van der Waals surface area contributed by atoms with E-state index < -0.39 is 0 Å². The van der Waals surface area contributed by atoms with Gasteiger partial charge in [0.05, 0.1) is 0 Å². The molecule has 0 saturated heterocycles. The van der Waals surface area contributed by atoms with Crippen LogP contribution in [0.2, 0.25) is 0 Å². The van der Waals surface area contributed by atoms with Crippen LogP contribution >= 0.6 is 0 Å². The van der Waals surface area contributed by atoms with E-state index in [-0.39, 0.29) is 0 Å². The Morgan fingerprint density at radius 2 is 1.43 bits per heavy atom. The van der Waals surface area contributed by atoms with Gasteiger partial charge in [-0.05, 0) is 25.7 Å². The van der Waals surface area contributed by atoms with Crippen molar-refractivity contribution in [3.8, 4) is 0 Å². The molecule has 2 rings (SSSR count). The lowest BCUT2D eigenvalue weighted by Crippen LogP contribution is -2.49. The van der Waals surface area contributed by atoms with E-state index >= 15 is 0 Å². The van der Waals surface area contributed by atoms with Crippen molar-refractivity contribution in [2.75, 3.05) is 0 Å². The highest BCUT2D eigenvalue weighted by Crippen LogP contribution is 2.23. The van der Waals surface area contributed by atoms with E-state index in [4.69, 9.17) is 5.84 Å². The van der Waals surface area contributed by atoms with Gasteiger partial charge in [-0.3, -0.25) is 0 Å². The number of hydrogen-bond acceptors (Lipinski definition) is 2. The molecule has 0 heterocycles. The van der Waals surface area contributed by atoms with Gasteiger partial charge < -0.3 is 0 Å². The van der Waals surface area contributed by atoms with Crippen molar-refractivity contribution in [2.24, 2.45) is 0 Å². The molecule has 81 valence electrons. The maximum atomic E-state index is 7.93. The van der Waals surface area contributed by atoms with Gasteiger partial charge in [0.25, 0.3) is 0 Å². The summed E-state index contributed by atoms with van der Waals surface area (Å²) in [7, 11) is 0. The summed E-state index contributed by atoms with van der Waals surface area (Å²) in [6, 6.07) is 1.07. The zero-order valence-electron chi connectivity index (χ0n) is 8.97. The Labute approximate surface area is 87.0 Å². The van der Waals surface area contributed by atoms with Crippen LogP contribution in [-0.4, -0.2) is 17.2 Å². The Hall–Kier alpha value is -0.120. The van der Waals surface area contributed by atoms with Gasteiger partial charge in [0.2, 0.25) is 0 Å². The van der Waals surface area contributed by atoms with Crippen molar-refractivity contribution in [1.29, 1.82) is 0 Å². The standard InChI is InChI=1S/C11H22N3/c12-14(11-8-4-5-9-11)13-10-6-2-1-3-7-10/h10-13H,1-9H2. The normalized spacial score (nSPS) is 26.1. The van der Waals surface area contributed by atoms with E-state index in [1.165, 1.54) is 57.8 Å². The molecule has 0 atom stereocenters. The fraction of sp³-hybridized carbons (Fsp3) is 1.00. The highest BCUT2D eigenvalue weighted by molar-refractivity contribution is 4.75. The van der Waals surface area contributed by atoms with Crippen LogP contribution in [0.25, 0.3) is 0 Å². The van der Waals surface area contributed by atoms with Crippen molar-refractivity contribution < 1.29 is 0 Å². The molecule has 0 unspecified atom stereocenters. The first kappa shape index (κ1) is 10.4. The van der Waals surface area contributed by atoms with E-state index in [9.17, 15) is 0 Å². The molecule has 0 aliphatic heterocycles. The summed E-state index contributed by atoms with van der Waals surface area (Å²) < 4.78 is 0. The Morgan fingerprint density at radius 1 is 0.857 bits per heavy atom. The van der Waals surface area contributed by atoms with Crippen molar-refractivity contribution in [1.82, 2.24) is 16.4 Å². The lowest BCUT2D eigenvalue weighted by atomic mass is 9.96. The zero-order valence-corrected chi connectivity index (χ0v) is 8.97. The molecule has 14 heavy (non-hydrogen) atoms. The second-order valence-corrected chi connectivity index (χ2v) is 4.77. The summed E-state index contributed by atoms with van der Waals surface area (Å²) in [6.07, 6.45) is 11.7. The minimum Gasteiger partial charge on any atom is -0.237 e. The van der Waals surface area contributed by atoms with Gasteiger partial charge in [0, 0.05) is 12.1 Å². The van der Waals surface area contributed by atoms with Gasteiger partial charge in [0.15, 0.2) is 0 Å². The molecular weight excluding hydrogens is 174 g/mol. The third kappa shape index (κ3) is 2.69. The summed E-state index contributed by atoms with van der Waals surface area (Å²) >= 11 is 0. The smallest absolute Gasteiger partial charge is 0.0414 e. The van der Waals surface area contributed by atoms with Gasteiger partial charge >= 0.3 is 0 Å². The van der Waals surface area contributed by atoms with Crippen LogP contribution in [0.15, 0.2) is 0 Å². The van der Waals surface area contributed by atoms with E-state index in [2.05, 4.69) is 5.43 Å². The van der Waals surface area contributed by atoms with Crippen LogP contribution in [0.3, 0.4) is 0 Å². The van der Waals surface area contributed by atoms with Crippen LogP contribution in [0.4, 0.5) is 0 Å². The minimum absolute atomic E-state index is 0.483. The number of hydrazine groups is 1. The Bertz CT molecular complexity index is 160. The molecular formula is C11H22N3. The fourth-order valence-corrected chi connectivity index (χ4v) is 2.70. The van der Waals surface area contributed by atoms with Gasteiger partial charge in [-0.15, -0.1) is 0 Å². The van der Waals surface area contributed by atoms with Crippen molar-refractivity contribution in [2.45, 2.75) is 69.9 Å². The minimum atomic E-state index is 0.483. The number of nitrogens with zero attached hydrogens (tertiary/aromatic N) is 1. The van der Waals surface area contributed by atoms with Gasteiger partial charge in [0.1, 0.15) is 0 Å². The summed E-state index contributed by atoms with van der Waals surface area (Å²) in [6.45, 7) is 0. The molecule has 3 nitrogen and oxygen atoms in total. The molecule has 3 heteroatoms. The summed E-state index contributed by atoms with van der Waals surface area (Å²) in [5, 5.41) is 1.66. The fourth-order valence-electron chi connectivity index (χ4n) is 2.70. The first-order chi connectivity index (χ1) is 6.86. The topological polar surface area (TPSA) is 39.1 Å². The van der Waals surface area contributed by atoms with E-state index in [1.54, 1.807) is 5.12 Å². The molecule has 0 aromatic rings. The third-order valence-electron chi connectivity index (χ3n) is 3.62. The molecule has 2 aliphatic rings. The zero-order chi connectivity index (χ0) is 9.80. The molecule has 2 saturated carbocycles. The molecule has 1 radical (unpaired) electrons. The highest BCUT2D eigenvalue weighted by Gasteiger charge is 2.23. The van der Waals surface area contributed by atoms with Crippen LogP contribution < -0.4 is 11.3 Å². The molecule has 0 aromatic carbocycles. The maximum Gasteiger partial charge on any atom is 0.0414 e. The average molecular weight is 196 g/mol. The Balaban J connectivity index is 1.72. The summed E-state index contributed by atoms with van der Waals surface area (Å²) in [5.74, 6) is 7.93. The Kier molecular flexibility index (Phi) is 3.79. The number of hydrogen-bond donors (Lipinski definition) is 1. The molecule has 0 bridgehead atoms. The van der Waals surface area contributed by atoms with Crippen molar-refractivity contribution in [3.05, 3.63) is 0 Å². The van der Waals surface area contributed by atoms with Gasteiger partial charge in [-0.2, -0.15) is 11.0 Å². The number of nitrogens with one attached hydrogen (secondary N) is 2. The summed E-state index contributed by atoms with van der Waals surface area (Å²) in [5.41, 5.74) is 3.36. The lowest BCUT2D eigenvalue weighted by Gasteiger charge is -2.30. The highest BCUT2D eigenvalue weighted by atomic mass is 15.7. The van der Waals surface area contributed by atoms with E-state index in [1.807, 2.05) is 0 Å². The van der Waals surface area contributed by atoms with Crippen LogP contribution in [0.5, 0.6) is 0 Å². The first-order valence-electron chi connectivity index (χ1n) is 6.13.